The fraction of sp³-hybridized carbons (Fsp3) is 0.0690. The lowest BCUT2D eigenvalue weighted by Gasteiger charge is -2.12. The van der Waals surface area contributed by atoms with Crippen LogP contribution in [0, 0.1) is 13.8 Å². The quantitative estimate of drug-likeness (QED) is 0.116. The molecule has 3 aromatic carbocycles. The minimum absolute atomic E-state index is 0.120. The first-order valence-electron chi connectivity index (χ1n) is 11.6. The van der Waals surface area contributed by atoms with Gasteiger partial charge in [-0.2, -0.15) is 0 Å². The number of rotatable bonds is 5. The molecule has 0 aliphatic carbocycles. The van der Waals surface area contributed by atoms with Crippen molar-refractivity contribution in [2.45, 2.75) is 13.8 Å². The summed E-state index contributed by atoms with van der Waals surface area (Å²) in [4.78, 5) is 17.1. The molecule has 2 heterocycles. The molecule has 0 saturated carbocycles. The van der Waals surface area contributed by atoms with Gasteiger partial charge in [-0.3, -0.25) is 10.1 Å². The average molecular weight is 560 g/mol. The number of carbonyl (C=O) groups excluding carboxylic acids is 1. The van der Waals surface area contributed by atoms with Crippen LogP contribution in [0.2, 0.25) is 5.02 Å². The van der Waals surface area contributed by atoms with Crippen molar-refractivity contribution < 1.29 is 14.3 Å². The summed E-state index contributed by atoms with van der Waals surface area (Å²) >= 11 is 13.0. The maximum Gasteiger partial charge on any atom is 0.250 e. The Labute approximate surface area is 233 Å². The first-order chi connectivity index (χ1) is 18.3. The summed E-state index contributed by atoms with van der Waals surface area (Å²) < 4.78 is 6.84. The van der Waals surface area contributed by atoms with Gasteiger partial charge in [0.15, 0.2) is 5.11 Å². The van der Waals surface area contributed by atoms with Gasteiger partial charge in [-0.05, 0) is 85.7 Å². The lowest BCUT2D eigenvalue weighted by molar-refractivity contribution is -0.115. The van der Waals surface area contributed by atoms with Crippen LogP contribution in [0.5, 0.6) is 5.75 Å². The second-order valence-electron chi connectivity index (χ2n) is 8.62. The molecule has 0 bridgehead atoms. The number of aromatic nitrogens is 1. The highest BCUT2D eigenvalue weighted by Crippen LogP contribution is 2.38. The number of thiocarbonyl (C=S) groups is 1. The van der Waals surface area contributed by atoms with Gasteiger partial charge >= 0.3 is 0 Å². The molecule has 5 rings (SSSR count). The summed E-state index contributed by atoms with van der Waals surface area (Å²) in [5, 5.41) is 17.8. The highest BCUT2D eigenvalue weighted by molar-refractivity contribution is 7.80. The second kappa shape index (κ2) is 10.8. The predicted octanol–water partition coefficient (Wildman–Crippen LogP) is 7.73. The molecule has 0 saturated heterocycles. The van der Waals surface area contributed by atoms with Gasteiger partial charge in [0.25, 0.3) is 0 Å². The zero-order valence-corrected chi connectivity index (χ0v) is 22.8. The average Bonchev–Trinajstić information content (AvgIpc) is 3.54. The number of nitrogens with one attached hydrogen (secondary N) is 2. The van der Waals surface area contributed by atoms with Crippen LogP contribution in [0.15, 0.2) is 77.2 Å². The molecule has 0 aliphatic heterocycles. The van der Waals surface area contributed by atoms with Crippen LogP contribution < -0.4 is 10.6 Å². The number of phenolic OH excluding ortho intramolecular Hbond substituents is 1. The first kappa shape index (κ1) is 25.7. The Morgan fingerprint density at radius 2 is 1.89 bits per heavy atom. The number of benzene rings is 3. The highest BCUT2D eigenvalue weighted by Gasteiger charge is 2.15. The Hall–Kier alpha value is -3.98. The number of thiazole rings is 1. The molecule has 2 aromatic heterocycles. The molecule has 6 nitrogen and oxygen atoms in total. The standard InChI is InChI=1S/C29H22ClN3O3S2/c1-16-7-8-18(14-22(16)30)24-11-9-20(36-24)10-12-26(34)33-29(37)31-19-13-17(2)27(35)21(15-19)28-32-23-5-3-4-6-25(23)38-28/h3-15,35H,1-2H3,(H2,31,33,34,37)/b12-10+. The molecule has 5 aromatic rings. The zero-order valence-electron chi connectivity index (χ0n) is 20.4. The van der Waals surface area contributed by atoms with E-state index in [0.29, 0.717) is 38.4 Å². The molecule has 0 atom stereocenters. The van der Waals surface area contributed by atoms with E-state index in [1.807, 2.05) is 55.5 Å². The van der Waals surface area contributed by atoms with Crippen molar-refractivity contribution in [3.63, 3.8) is 0 Å². The number of para-hydroxylation sites is 1. The fourth-order valence-electron chi connectivity index (χ4n) is 3.82. The lowest BCUT2D eigenvalue weighted by Crippen LogP contribution is -2.32. The van der Waals surface area contributed by atoms with E-state index < -0.39 is 5.91 Å². The van der Waals surface area contributed by atoms with Gasteiger partial charge in [-0.25, -0.2) is 4.98 Å². The highest BCUT2D eigenvalue weighted by atomic mass is 35.5. The van der Waals surface area contributed by atoms with Crippen molar-refractivity contribution in [3.05, 3.63) is 94.7 Å². The number of phenols is 1. The Morgan fingerprint density at radius 3 is 2.68 bits per heavy atom. The molecule has 0 fully saturated rings. The normalized spacial score (nSPS) is 11.2. The molecule has 0 aliphatic rings. The largest absolute Gasteiger partial charge is 0.507 e. The monoisotopic (exact) mass is 559 g/mol. The minimum Gasteiger partial charge on any atom is -0.507 e. The van der Waals surface area contributed by atoms with Crippen LogP contribution >= 0.6 is 35.2 Å². The summed E-state index contributed by atoms with van der Waals surface area (Å²) in [6.07, 6.45) is 2.90. The molecular weight excluding hydrogens is 538 g/mol. The third kappa shape index (κ3) is 5.62. The van der Waals surface area contributed by atoms with Gasteiger partial charge in [0.05, 0.1) is 15.8 Å². The number of hydrogen-bond donors (Lipinski definition) is 3. The molecule has 190 valence electrons. The fourth-order valence-corrected chi connectivity index (χ4v) is 5.20. The van der Waals surface area contributed by atoms with Crippen molar-refractivity contribution in [2.24, 2.45) is 0 Å². The van der Waals surface area contributed by atoms with E-state index in [0.717, 1.165) is 21.3 Å². The molecule has 0 radical (unpaired) electrons. The smallest absolute Gasteiger partial charge is 0.250 e. The SMILES string of the molecule is Cc1ccc(-c2ccc(/C=C/C(=O)NC(=S)Nc3cc(C)c(O)c(-c4nc5ccccc5s4)c3)o2)cc1Cl. The van der Waals surface area contributed by atoms with Crippen LogP contribution in [0.1, 0.15) is 16.9 Å². The van der Waals surface area contributed by atoms with E-state index >= 15 is 0 Å². The number of amides is 1. The third-order valence-electron chi connectivity index (χ3n) is 5.80. The van der Waals surface area contributed by atoms with Crippen LogP contribution in [-0.4, -0.2) is 21.1 Å². The van der Waals surface area contributed by atoms with Crippen molar-refractivity contribution in [2.75, 3.05) is 5.32 Å². The number of nitrogens with zero attached hydrogens (tertiary/aromatic N) is 1. The number of hydrogen-bond acceptors (Lipinski definition) is 6. The molecule has 38 heavy (non-hydrogen) atoms. The van der Waals surface area contributed by atoms with Crippen molar-refractivity contribution in [1.82, 2.24) is 10.3 Å². The van der Waals surface area contributed by atoms with Crippen LogP contribution in [0.3, 0.4) is 0 Å². The van der Waals surface area contributed by atoms with E-state index in [9.17, 15) is 9.90 Å². The summed E-state index contributed by atoms with van der Waals surface area (Å²) in [5.41, 5.74) is 4.57. The van der Waals surface area contributed by atoms with Crippen molar-refractivity contribution in [1.29, 1.82) is 0 Å². The topological polar surface area (TPSA) is 87.4 Å². The van der Waals surface area contributed by atoms with Gasteiger partial charge in [-0.15, -0.1) is 11.3 Å². The Balaban J connectivity index is 1.25. The Bertz CT molecular complexity index is 1690. The third-order valence-corrected chi connectivity index (χ3v) is 7.48. The summed E-state index contributed by atoms with van der Waals surface area (Å²) in [7, 11) is 0. The molecule has 9 heteroatoms. The maximum absolute atomic E-state index is 12.5. The lowest BCUT2D eigenvalue weighted by atomic mass is 10.1. The molecule has 1 amide bonds. The van der Waals surface area contributed by atoms with Crippen LogP contribution in [-0.2, 0) is 4.79 Å². The number of carbonyl (C=O) groups is 1. The van der Waals surface area contributed by atoms with Crippen LogP contribution in [0.25, 0.3) is 38.2 Å². The number of anilines is 1. The van der Waals surface area contributed by atoms with Crippen molar-refractivity contribution >= 4 is 68.2 Å². The summed E-state index contributed by atoms with van der Waals surface area (Å²) in [5.74, 6) is 0.898. The molecule has 0 spiro atoms. The van der Waals surface area contributed by atoms with E-state index in [4.69, 9.17) is 28.2 Å². The molecule has 3 N–H and O–H groups in total. The van der Waals surface area contributed by atoms with Gasteiger partial charge in [0.1, 0.15) is 22.3 Å². The molecular formula is C29H22ClN3O3S2. The maximum atomic E-state index is 12.5. The van der Waals surface area contributed by atoms with E-state index in [2.05, 4.69) is 15.6 Å². The number of halogens is 1. The summed E-state index contributed by atoms with van der Waals surface area (Å²) in [6.45, 7) is 3.73. The minimum atomic E-state index is -0.416. The van der Waals surface area contributed by atoms with Gasteiger partial charge < -0.3 is 14.8 Å². The number of furan rings is 1. The van der Waals surface area contributed by atoms with Gasteiger partial charge in [0, 0.05) is 22.3 Å². The van der Waals surface area contributed by atoms with E-state index in [1.165, 1.54) is 17.4 Å². The van der Waals surface area contributed by atoms with Crippen molar-refractivity contribution in [3.8, 4) is 27.6 Å². The Morgan fingerprint density at radius 1 is 1.08 bits per heavy atom. The Kier molecular flexibility index (Phi) is 7.28. The number of aryl methyl sites for hydroxylation is 2. The predicted molar refractivity (Wildman–Crippen MR) is 159 cm³/mol. The first-order valence-corrected chi connectivity index (χ1v) is 13.2. The van der Waals surface area contributed by atoms with Gasteiger partial charge in [-0.1, -0.05) is 35.9 Å². The molecule has 0 unspecified atom stereocenters. The van der Waals surface area contributed by atoms with Gasteiger partial charge in [0.2, 0.25) is 5.91 Å². The van der Waals surface area contributed by atoms with Crippen LogP contribution in [0.4, 0.5) is 5.69 Å². The second-order valence-corrected chi connectivity index (χ2v) is 10.5. The summed E-state index contributed by atoms with van der Waals surface area (Å²) in [6, 6.07) is 20.6. The van der Waals surface area contributed by atoms with E-state index in [-0.39, 0.29) is 10.9 Å². The number of fused-ring (bicyclic) bond motifs is 1. The van der Waals surface area contributed by atoms with E-state index in [1.54, 1.807) is 31.2 Å². The number of aromatic hydroxyl groups is 1. The zero-order chi connectivity index (χ0) is 26.8.